The highest BCUT2D eigenvalue weighted by Crippen LogP contribution is 2.24. The minimum atomic E-state index is -0.0101. The van der Waals surface area contributed by atoms with E-state index in [1.807, 2.05) is 4.90 Å². The number of piperidine rings is 1. The maximum absolute atomic E-state index is 12.3. The smallest absolute Gasteiger partial charge is 0.255 e. The van der Waals surface area contributed by atoms with Crippen LogP contribution in [0.1, 0.15) is 30.1 Å². The molecule has 92 valence electrons. The Bertz CT molecular complexity index is 433. The van der Waals surface area contributed by atoms with Crippen LogP contribution in [-0.2, 0) is 0 Å². The van der Waals surface area contributed by atoms with Crippen molar-refractivity contribution < 1.29 is 4.79 Å². The third-order valence-electron chi connectivity index (χ3n) is 3.10. The topological polar surface area (TPSA) is 20.3 Å². The first-order valence-corrected chi connectivity index (χ1v) is 6.58. The molecule has 2 nitrogen and oxygen atoms in total. The number of carbonyl (C=O) groups is 1. The number of amides is 1. The van der Waals surface area contributed by atoms with Crippen LogP contribution in [0.4, 0.5) is 0 Å². The summed E-state index contributed by atoms with van der Waals surface area (Å²) in [5.74, 6) is 0.551. The van der Waals surface area contributed by atoms with E-state index in [1.54, 1.807) is 18.2 Å². The minimum absolute atomic E-state index is 0.0101. The van der Waals surface area contributed by atoms with Gasteiger partial charge in [-0.05, 0) is 37.0 Å². The highest BCUT2D eigenvalue weighted by Gasteiger charge is 2.23. The van der Waals surface area contributed by atoms with Gasteiger partial charge in [-0.15, -0.1) is 0 Å². The van der Waals surface area contributed by atoms with E-state index in [4.69, 9.17) is 23.2 Å². The fraction of sp³-hybridized carbons (Fsp3) is 0.462. The highest BCUT2D eigenvalue weighted by atomic mass is 35.5. The lowest BCUT2D eigenvalue weighted by molar-refractivity contribution is 0.0683. The number of hydrogen-bond donors (Lipinski definition) is 0. The van der Waals surface area contributed by atoms with E-state index < -0.39 is 0 Å². The Morgan fingerprint density at radius 3 is 2.88 bits per heavy atom. The predicted molar refractivity (Wildman–Crippen MR) is 70.8 cm³/mol. The predicted octanol–water partition coefficient (Wildman–Crippen LogP) is 3.87. The average Bonchev–Trinajstić information content (AvgIpc) is 2.31. The SMILES string of the molecule is C[C@H]1CCCN(C(=O)c2cc(Cl)ccc2Cl)C1. The molecule has 0 aliphatic carbocycles. The largest absolute Gasteiger partial charge is 0.338 e. The first kappa shape index (κ1) is 12.7. The van der Waals surface area contributed by atoms with Crippen LogP contribution in [0.25, 0.3) is 0 Å². The van der Waals surface area contributed by atoms with Gasteiger partial charge in [0.2, 0.25) is 0 Å². The second kappa shape index (κ2) is 5.28. The van der Waals surface area contributed by atoms with Gasteiger partial charge in [0.15, 0.2) is 0 Å². The number of likely N-dealkylation sites (tertiary alicyclic amines) is 1. The number of halogens is 2. The van der Waals surface area contributed by atoms with Gasteiger partial charge in [0, 0.05) is 18.1 Å². The molecule has 17 heavy (non-hydrogen) atoms. The normalized spacial score (nSPS) is 20.4. The molecular weight excluding hydrogens is 257 g/mol. The molecule has 1 heterocycles. The Kier molecular flexibility index (Phi) is 3.95. The molecule has 0 unspecified atom stereocenters. The molecule has 4 heteroatoms. The lowest BCUT2D eigenvalue weighted by Gasteiger charge is -2.31. The van der Waals surface area contributed by atoms with Crippen molar-refractivity contribution in [2.75, 3.05) is 13.1 Å². The summed E-state index contributed by atoms with van der Waals surface area (Å²) in [6.45, 7) is 3.78. The Labute approximate surface area is 112 Å². The monoisotopic (exact) mass is 271 g/mol. The van der Waals surface area contributed by atoms with Crippen molar-refractivity contribution in [3.05, 3.63) is 33.8 Å². The lowest BCUT2D eigenvalue weighted by atomic mass is 9.99. The molecule has 1 saturated heterocycles. The maximum Gasteiger partial charge on any atom is 0.255 e. The van der Waals surface area contributed by atoms with Crippen LogP contribution in [-0.4, -0.2) is 23.9 Å². The van der Waals surface area contributed by atoms with Crippen LogP contribution in [0.2, 0.25) is 10.0 Å². The van der Waals surface area contributed by atoms with Crippen molar-refractivity contribution in [3.63, 3.8) is 0 Å². The molecule has 0 N–H and O–H groups in total. The summed E-state index contributed by atoms with van der Waals surface area (Å²) in [5, 5.41) is 1.01. The molecule has 1 fully saturated rings. The Hall–Kier alpha value is -0.730. The molecule has 0 spiro atoms. The van der Waals surface area contributed by atoms with Gasteiger partial charge >= 0.3 is 0 Å². The van der Waals surface area contributed by atoms with Gasteiger partial charge in [0.1, 0.15) is 0 Å². The van der Waals surface area contributed by atoms with Gasteiger partial charge in [-0.2, -0.15) is 0 Å². The van der Waals surface area contributed by atoms with E-state index in [9.17, 15) is 4.79 Å². The third kappa shape index (κ3) is 2.93. The summed E-state index contributed by atoms with van der Waals surface area (Å²) < 4.78 is 0. The van der Waals surface area contributed by atoms with Crippen LogP contribution in [0, 0.1) is 5.92 Å². The van der Waals surface area contributed by atoms with Crippen molar-refractivity contribution in [2.45, 2.75) is 19.8 Å². The second-order valence-electron chi connectivity index (χ2n) is 4.62. The number of nitrogens with zero attached hydrogens (tertiary/aromatic N) is 1. The van der Waals surface area contributed by atoms with Gasteiger partial charge in [0.05, 0.1) is 10.6 Å². The van der Waals surface area contributed by atoms with Crippen LogP contribution < -0.4 is 0 Å². The molecule has 1 amide bonds. The first-order chi connectivity index (χ1) is 8.08. The van der Waals surface area contributed by atoms with E-state index in [0.717, 1.165) is 19.5 Å². The fourth-order valence-electron chi connectivity index (χ4n) is 2.21. The Morgan fingerprint density at radius 2 is 2.18 bits per heavy atom. The van der Waals surface area contributed by atoms with Gasteiger partial charge in [0.25, 0.3) is 5.91 Å². The fourth-order valence-corrected chi connectivity index (χ4v) is 2.58. The number of benzene rings is 1. The molecule has 0 radical (unpaired) electrons. The van der Waals surface area contributed by atoms with Crippen LogP contribution in [0.15, 0.2) is 18.2 Å². The molecule has 1 aromatic carbocycles. The molecule has 2 rings (SSSR count). The lowest BCUT2D eigenvalue weighted by Crippen LogP contribution is -2.39. The van der Waals surface area contributed by atoms with Crippen molar-refractivity contribution in [1.29, 1.82) is 0 Å². The standard InChI is InChI=1S/C13H15Cl2NO/c1-9-3-2-6-16(8-9)13(17)11-7-10(14)4-5-12(11)15/h4-5,7,9H,2-3,6,8H2,1H3/t9-/m0/s1. The summed E-state index contributed by atoms with van der Waals surface area (Å²) in [5.41, 5.74) is 0.508. The van der Waals surface area contributed by atoms with Crippen LogP contribution in [0.5, 0.6) is 0 Å². The molecule has 0 bridgehead atoms. The van der Waals surface area contributed by atoms with Gasteiger partial charge in [-0.1, -0.05) is 30.1 Å². The summed E-state index contributed by atoms with van der Waals surface area (Å²) in [7, 11) is 0. The van der Waals surface area contributed by atoms with Gasteiger partial charge in [-0.3, -0.25) is 4.79 Å². The number of hydrogen-bond acceptors (Lipinski definition) is 1. The zero-order chi connectivity index (χ0) is 12.4. The molecule has 0 aromatic heterocycles. The minimum Gasteiger partial charge on any atom is -0.338 e. The molecule has 1 aromatic rings. The molecule has 1 aliphatic heterocycles. The van der Waals surface area contributed by atoms with E-state index in [-0.39, 0.29) is 5.91 Å². The molecule has 1 atom stereocenters. The summed E-state index contributed by atoms with van der Waals surface area (Å²) in [6, 6.07) is 5.01. The number of carbonyl (C=O) groups excluding carboxylic acids is 1. The molecular formula is C13H15Cl2NO. The summed E-state index contributed by atoms with van der Waals surface area (Å²) in [6.07, 6.45) is 2.25. The van der Waals surface area contributed by atoms with E-state index in [1.165, 1.54) is 6.42 Å². The summed E-state index contributed by atoms with van der Waals surface area (Å²) >= 11 is 11.9. The molecule has 0 saturated carbocycles. The highest BCUT2D eigenvalue weighted by molar-refractivity contribution is 6.35. The zero-order valence-corrected chi connectivity index (χ0v) is 11.3. The van der Waals surface area contributed by atoms with Crippen molar-refractivity contribution >= 4 is 29.1 Å². The van der Waals surface area contributed by atoms with E-state index >= 15 is 0 Å². The quantitative estimate of drug-likeness (QED) is 0.760. The number of rotatable bonds is 1. The van der Waals surface area contributed by atoms with Gasteiger partial charge < -0.3 is 4.90 Å². The van der Waals surface area contributed by atoms with Crippen molar-refractivity contribution in [3.8, 4) is 0 Å². The van der Waals surface area contributed by atoms with Crippen molar-refractivity contribution in [2.24, 2.45) is 5.92 Å². The van der Waals surface area contributed by atoms with E-state index in [0.29, 0.717) is 21.5 Å². The van der Waals surface area contributed by atoms with E-state index in [2.05, 4.69) is 6.92 Å². The van der Waals surface area contributed by atoms with Gasteiger partial charge in [-0.25, -0.2) is 0 Å². The first-order valence-electron chi connectivity index (χ1n) is 5.82. The Balaban J connectivity index is 2.21. The Morgan fingerprint density at radius 1 is 1.41 bits per heavy atom. The average molecular weight is 272 g/mol. The third-order valence-corrected chi connectivity index (χ3v) is 3.67. The summed E-state index contributed by atoms with van der Waals surface area (Å²) in [4.78, 5) is 14.2. The second-order valence-corrected chi connectivity index (χ2v) is 5.47. The maximum atomic E-state index is 12.3. The van der Waals surface area contributed by atoms with Crippen LogP contribution >= 0.6 is 23.2 Å². The molecule has 1 aliphatic rings. The van der Waals surface area contributed by atoms with Crippen molar-refractivity contribution in [1.82, 2.24) is 4.90 Å². The van der Waals surface area contributed by atoms with Crippen LogP contribution in [0.3, 0.4) is 0 Å². The zero-order valence-electron chi connectivity index (χ0n) is 9.75.